The molecule has 0 radical (unpaired) electrons. The van der Waals surface area contributed by atoms with Crippen molar-refractivity contribution >= 4 is 31.8 Å². The number of fused-ring (bicyclic) bond motifs is 1. The maximum Gasteiger partial charge on any atom is 0.280 e. The summed E-state index contributed by atoms with van der Waals surface area (Å²) in [6, 6.07) is 25.4. The zero-order valence-corrected chi connectivity index (χ0v) is 33.3. The molecule has 0 spiro atoms. The number of aromatic amines is 1. The molecule has 13 nitrogen and oxygen atoms in total. The monoisotopic (exact) mass is 754 g/mol. The van der Waals surface area contributed by atoms with Crippen LogP contribution in [0.4, 0.5) is 5.95 Å². The molecule has 4 unspecified atom stereocenters. The topological polar surface area (TPSA) is 146 Å². The zero-order chi connectivity index (χ0) is 38.8. The van der Waals surface area contributed by atoms with Gasteiger partial charge in [0.15, 0.2) is 25.7 Å². The van der Waals surface area contributed by atoms with Crippen LogP contribution in [0.15, 0.2) is 95.0 Å². The predicted octanol–water partition coefficient (Wildman–Crippen LogP) is 6.02. The summed E-state index contributed by atoms with van der Waals surface area (Å²) in [4.78, 5) is 30.9. The summed E-state index contributed by atoms with van der Waals surface area (Å²) in [6.07, 6.45) is -0.703. The molecular weight excluding hydrogens is 705 g/mol. The molecule has 0 aliphatic carbocycles. The minimum absolute atomic E-state index is 0.0407. The SMILES string of the molecule is COc1ccc(C(OCC2OC(n3cnc4c(=O)[nH]c(/N=C/N(C)C)nc43)C(O[Si](C)(C)C(C)(C)C)C2O)(c2ccccc2)c2ccc(OC)cc2)cc1. The van der Waals surface area contributed by atoms with E-state index in [4.69, 9.17) is 23.4 Å². The van der Waals surface area contributed by atoms with Gasteiger partial charge in [0.1, 0.15) is 35.4 Å². The molecule has 0 bridgehead atoms. The molecule has 286 valence electrons. The Morgan fingerprint density at radius 2 is 1.52 bits per heavy atom. The van der Waals surface area contributed by atoms with E-state index < -0.39 is 44.0 Å². The zero-order valence-electron chi connectivity index (χ0n) is 32.3. The summed E-state index contributed by atoms with van der Waals surface area (Å²) < 4.78 is 33.5. The van der Waals surface area contributed by atoms with E-state index in [-0.39, 0.29) is 28.8 Å². The Morgan fingerprint density at radius 1 is 0.944 bits per heavy atom. The highest BCUT2D eigenvalue weighted by molar-refractivity contribution is 6.74. The van der Waals surface area contributed by atoms with Crippen LogP contribution in [-0.2, 0) is 19.5 Å². The second-order valence-corrected chi connectivity index (χ2v) is 19.9. The lowest BCUT2D eigenvalue weighted by Crippen LogP contribution is -2.49. The van der Waals surface area contributed by atoms with Crippen LogP contribution in [-0.4, -0.2) is 97.4 Å². The Labute approximate surface area is 316 Å². The number of aliphatic hydroxyl groups excluding tert-OH is 1. The van der Waals surface area contributed by atoms with Crippen LogP contribution in [0.1, 0.15) is 43.7 Å². The van der Waals surface area contributed by atoms with Crippen molar-refractivity contribution in [1.29, 1.82) is 0 Å². The third-order valence-corrected chi connectivity index (χ3v) is 14.8. The maximum atomic E-state index is 13.1. The van der Waals surface area contributed by atoms with E-state index in [1.807, 2.05) is 93.0 Å². The first-order chi connectivity index (χ1) is 25.7. The molecule has 1 aliphatic rings. The number of rotatable bonds is 13. The second kappa shape index (κ2) is 15.5. The van der Waals surface area contributed by atoms with Crippen molar-refractivity contribution in [3.05, 3.63) is 112 Å². The van der Waals surface area contributed by atoms with Crippen LogP contribution in [0, 0.1) is 0 Å². The molecule has 1 saturated heterocycles. The molecule has 6 rings (SSSR count). The first-order valence-corrected chi connectivity index (χ1v) is 20.8. The van der Waals surface area contributed by atoms with Gasteiger partial charge in [-0.05, 0) is 59.1 Å². The normalized spacial score (nSPS) is 19.4. The van der Waals surface area contributed by atoms with Gasteiger partial charge >= 0.3 is 0 Å². The number of benzene rings is 3. The maximum absolute atomic E-state index is 13.1. The predicted molar refractivity (Wildman–Crippen MR) is 210 cm³/mol. The quantitative estimate of drug-likeness (QED) is 0.0634. The number of nitrogens with one attached hydrogen (secondary N) is 1. The fourth-order valence-electron chi connectivity index (χ4n) is 6.34. The number of aliphatic hydroxyl groups is 1. The Morgan fingerprint density at radius 3 is 2.06 bits per heavy atom. The van der Waals surface area contributed by atoms with E-state index >= 15 is 0 Å². The minimum Gasteiger partial charge on any atom is -0.497 e. The Kier molecular flexibility index (Phi) is 11.1. The number of H-pyrrole nitrogens is 1. The van der Waals surface area contributed by atoms with Gasteiger partial charge in [-0.25, -0.2) is 9.98 Å². The fraction of sp³-hybridized carbons (Fsp3) is 0.400. The van der Waals surface area contributed by atoms with Crippen LogP contribution in [0.3, 0.4) is 0 Å². The van der Waals surface area contributed by atoms with Crippen molar-refractivity contribution in [2.45, 2.75) is 69.0 Å². The number of nitrogens with zero attached hydrogens (tertiary/aromatic N) is 5. The molecule has 2 N–H and O–H groups in total. The van der Waals surface area contributed by atoms with Crippen LogP contribution < -0.4 is 15.0 Å². The summed E-state index contributed by atoms with van der Waals surface area (Å²) in [5.74, 6) is 1.51. The molecule has 5 aromatic rings. The molecule has 0 saturated carbocycles. The van der Waals surface area contributed by atoms with Crippen molar-refractivity contribution in [1.82, 2.24) is 24.4 Å². The molecular formula is C40H50N6O7Si. The Balaban J connectivity index is 1.45. The average Bonchev–Trinajstić information content (AvgIpc) is 3.71. The highest BCUT2D eigenvalue weighted by Crippen LogP contribution is 2.45. The second-order valence-electron chi connectivity index (χ2n) is 15.1. The minimum atomic E-state index is -2.50. The number of imidazole rings is 1. The molecule has 4 atom stereocenters. The van der Waals surface area contributed by atoms with E-state index in [2.05, 4.69) is 53.8 Å². The number of hydrogen-bond acceptors (Lipinski definition) is 10. The van der Waals surface area contributed by atoms with E-state index in [9.17, 15) is 9.90 Å². The molecule has 1 aliphatic heterocycles. The van der Waals surface area contributed by atoms with Gasteiger partial charge in [0.25, 0.3) is 5.56 Å². The van der Waals surface area contributed by atoms with Crippen LogP contribution in [0.25, 0.3) is 11.2 Å². The summed E-state index contributed by atoms with van der Waals surface area (Å²) in [6.45, 7) is 10.6. The fourth-order valence-corrected chi connectivity index (χ4v) is 7.63. The number of ether oxygens (including phenoxy) is 4. The van der Waals surface area contributed by atoms with Gasteiger partial charge in [-0.15, -0.1) is 0 Å². The van der Waals surface area contributed by atoms with Gasteiger partial charge in [-0.3, -0.25) is 14.3 Å². The molecule has 54 heavy (non-hydrogen) atoms. The molecule has 3 aromatic carbocycles. The van der Waals surface area contributed by atoms with Gasteiger partial charge in [-0.1, -0.05) is 75.4 Å². The summed E-state index contributed by atoms with van der Waals surface area (Å²) in [7, 11) is 4.39. The van der Waals surface area contributed by atoms with Crippen molar-refractivity contribution in [3.8, 4) is 11.5 Å². The third-order valence-electron chi connectivity index (χ3n) is 10.3. The van der Waals surface area contributed by atoms with E-state index in [0.29, 0.717) is 11.5 Å². The van der Waals surface area contributed by atoms with Crippen molar-refractivity contribution in [2.24, 2.45) is 4.99 Å². The van der Waals surface area contributed by atoms with E-state index in [1.54, 1.807) is 30.0 Å². The number of methoxy groups -OCH3 is 2. The lowest BCUT2D eigenvalue weighted by molar-refractivity contribution is -0.0940. The molecule has 3 heterocycles. The number of aliphatic imine (C=N–C) groups is 1. The van der Waals surface area contributed by atoms with Gasteiger partial charge < -0.3 is 33.4 Å². The molecule has 14 heteroatoms. The molecule has 0 amide bonds. The van der Waals surface area contributed by atoms with Crippen molar-refractivity contribution in [2.75, 3.05) is 34.9 Å². The van der Waals surface area contributed by atoms with Gasteiger partial charge in [-0.2, -0.15) is 4.98 Å². The first-order valence-electron chi connectivity index (χ1n) is 17.9. The van der Waals surface area contributed by atoms with Gasteiger partial charge in [0.05, 0.1) is 33.5 Å². The highest BCUT2D eigenvalue weighted by atomic mass is 28.4. The van der Waals surface area contributed by atoms with Crippen LogP contribution >= 0.6 is 0 Å². The van der Waals surface area contributed by atoms with Crippen molar-refractivity contribution in [3.63, 3.8) is 0 Å². The number of aromatic nitrogens is 4. The van der Waals surface area contributed by atoms with E-state index in [0.717, 1.165) is 16.7 Å². The lowest BCUT2D eigenvalue weighted by Gasteiger charge is -2.40. The highest BCUT2D eigenvalue weighted by Gasteiger charge is 2.52. The van der Waals surface area contributed by atoms with Crippen LogP contribution in [0.2, 0.25) is 18.1 Å². The van der Waals surface area contributed by atoms with E-state index in [1.165, 1.54) is 6.33 Å². The Bertz CT molecular complexity index is 2060. The molecule has 2 aromatic heterocycles. The first kappa shape index (κ1) is 38.8. The standard InChI is InChI=1S/C40H50N6O7Si/c1-39(2,3)54(8,9)53-34-33(47)31(52-37(34)46-25-41-32-35(46)43-38(44-36(32)48)42-24-45(4)5)23-51-40(26-13-11-10-12-14-26,27-15-19-29(49-6)20-16-27)28-17-21-30(50-7)22-18-28/h10-22,24-25,31,33-34,37,47H,23H2,1-9H3,(H,43,44,48)/b42-24+. The van der Waals surface area contributed by atoms with Crippen LogP contribution in [0.5, 0.6) is 11.5 Å². The third kappa shape index (κ3) is 7.57. The largest absolute Gasteiger partial charge is 0.497 e. The van der Waals surface area contributed by atoms with Gasteiger partial charge in [0.2, 0.25) is 5.95 Å². The smallest absolute Gasteiger partial charge is 0.280 e. The summed E-state index contributed by atoms with van der Waals surface area (Å²) in [5, 5.41) is 12.0. The lowest BCUT2D eigenvalue weighted by atomic mass is 9.80. The van der Waals surface area contributed by atoms with Crippen molar-refractivity contribution < 1.29 is 28.5 Å². The van der Waals surface area contributed by atoms with Gasteiger partial charge in [0, 0.05) is 14.1 Å². The molecule has 1 fully saturated rings. The summed E-state index contributed by atoms with van der Waals surface area (Å²) in [5.41, 5.74) is 1.32. The number of hydrogen-bond donors (Lipinski definition) is 2. The Hall–Kier alpha value is -4.86. The summed E-state index contributed by atoms with van der Waals surface area (Å²) >= 11 is 0. The average molecular weight is 755 g/mol.